The number of hydrogen-bond donors (Lipinski definition) is 7. The molecule has 13 heteroatoms. The van der Waals surface area contributed by atoms with Crippen LogP contribution in [0.2, 0.25) is 0 Å². The van der Waals surface area contributed by atoms with E-state index in [-0.39, 0.29) is 19.3 Å². The van der Waals surface area contributed by atoms with Gasteiger partial charge in [0.2, 0.25) is 17.7 Å². The van der Waals surface area contributed by atoms with Gasteiger partial charge in [-0.3, -0.25) is 14.4 Å². The van der Waals surface area contributed by atoms with Crippen molar-refractivity contribution in [3.8, 4) is 0 Å². The van der Waals surface area contributed by atoms with Gasteiger partial charge in [0.15, 0.2) is 0 Å². The van der Waals surface area contributed by atoms with Crippen LogP contribution in [0.5, 0.6) is 0 Å². The highest BCUT2D eigenvalue weighted by Gasteiger charge is 2.30. The number of hydrogen-bond acceptors (Lipinski definition) is 7. The maximum Gasteiger partial charge on any atom is 0.326 e. The van der Waals surface area contributed by atoms with Gasteiger partial charge in [-0.2, -0.15) is 11.8 Å². The molecule has 3 aromatic rings. The van der Waals surface area contributed by atoms with Gasteiger partial charge in [-0.15, -0.1) is 0 Å². The quantitative estimate of drug-likeness (QED) is 0.151. The number of aliphatic carboxylic acids is 1. The van der Waals surface area contributed by atoms with Gasteiger partial charge in [0.25, 0.3) is 0 Å². The number of carboxylic acid groups (broad SMARTS) is 1. The molecule has 3 rings (SSSR count). The molecule has 1 aromatic carbocycles. The van der Waals surface area contributed by atoms with Crippen LogP contribution in [-0.2, 0) is 32.0 Å². The lowest BCUT2D eigenvalue weighted by molar-refractivity contribution is -0.142. The number of aromatic amines is 2. The number of para-hydroxylation sites is 1. The van der Waals surface area contributed by atoms with Crippen LogP contribution in [0.1, 0.15) is 24.6 Å². The largest absolute Gasteiger partial charge is 0.480 e. The molecular formula is C25H33N7O5S. The Hall–Kier alpha value is -3.84. The first kappa shape index (κ1) is 28.7. The third-order valence-electron chi connectivity index (χ3n) is 5.98. The zero-order valence-electron chi connectivity index (χ0n) is 21.2. The number of amides is 3. The SMILES string of the molecule is CSCCC(NC(=O)C(Cc1c[nH]c2ccccc12)NC(=O)C(C)N)C(=O)NC(Cc1cnc[nH]1)C(=O)O. The lowest BCUT2D eigenvalue weighted by atomic mass is 10.0. The third-order valence-corrected chi connectivity index (χ3v) is 6.63. The monoisotopic (exact) mass is 543 g/mol. The number of H-pyrrole nitrogens is 2. The van der Waals surface area contributed by atoms with Crippen molar-refractivity contribution in [3.63, 3.8) is 0 Å². The Morgan fingerprint density at radius 2 is 1.68 bits per heavy atom. The van der Waals surface area contributed by atoms with Crippen molar-refractivity contribution in [3.05, 3.63) is 54.2 Å². The van der Waals surface area contributed by atoms with E-state index in [1.807, 2.05) is 30.5 Å². The minimum atomic E-state index is -1.23. The van der Waals surface area contributed by atoms with E-state index in [2.05, 4.69) is 30.9 Å². The van der Waals surface area contributed by atoms with E-state index in [4.69, 9.17) is 5.73 Å². The number of thioether (sulfide) groups is 1. The van der Waals surface area contributed by atoms with E-state index in [1.165, 1.54) is 31.2 Å². The minimum absolute atomic E-state index is 0.00208. The van der Waals surface area contributed by atoms with Gasteiger partial charge in [0, 0.05) is 41.8 Å². The second kappa shape index (κ2) is 13.6. The predicted molar refractivity (Wildman–Crippen MR) is 144 cm³/mol. The average Bonchev–Trinajstić information content (AvgIpc) is 3.55. The normalized spacial score (nSPS) is 14.3. The summed E-state index contributed by atoms with van der Waals surface area (Å²) >= 11 is 1.48. The number of fused-ring (bicyclic) bond motifs is 1. The molecule has 4 unspecified atom stereocenters. The second-order valence-electron chi connectivity index (χ2n) is 8.94. The van der Waals surface area contributed by atoms with Crippen molar-refractivity contribution in [2.75, 3.05) is 12.0 Å². The summed E-state index contributed by atoms with van der Waals surface area (Å²) in [5.41, 5.74) is 7.95. The molecule has 0 spiro atoms. The van der Waals surface area contributed by atoms with Crippen molar-refractivity contribution in [1.29, 1.82) is 0 Å². The number of rotatable bonds is 14. The standard InChI is InChI=1S/C25H33N7O5S/c1-14(26)22(33)31-20(9-15-11-28-18-6-4-3-5-17(15)18)24(35)30-19(7-8-38-2)23(34)32-21(25(36)37)10-16-12-27-13-29-16/h3-6,11-14,19-21,28H,7-10,26H2,1-2H3,(H,27,29)(H,30,35)(H,31,33)(H,32,34)(H,36,37). The zero-order chi connectivity index (χ0) is 27.7. The lowest BCUT2D eigenvalue weighted by Gasteiger charge is -2.25. The van der Waals surface area contributed by atoms with Gasteiger partial charge >= 0.3 is 5.97 Å². The lowest BCUT2D eigenvalue weighted by Crippen LogP contribution is -2.57. The summed E-state index contributed by atoms with van der Waals surface area (Å²) in [7, 11) is 0. The third kappa shape index (κ3) is 7.83. The number of aromatic nitrogens is 3. The molecule has 0 aliphatic heterocycles. The maximum atomic E-state index is 13.4. The van der Waals surface area contributed by atoms with Gasteiger partial charge in [0.05, 0.1) is 12.4 Å². The molecule has 8 N–H and O–H groups in total. The number of nitrogens with two attached hydrogens (primary N) is 1. The summed E-state index contributed by atoms with van der Waals surface area (Å²) in [5.74, 6) is -2.41. The molecule has 3 amide bonds. The average molecular weight is 544 g/mol. The van der Waals surface area contributed by atoms with Crippen LogP contribution >= 0.6 is 11.8 Å². The molecule has 12 nitrogen and oxygen atoms in total. The second-order valence-corrected chi connectivity index (χ2v) is 9.92. The van der Waals surface area contributed by atoms with Crippen molar-refractivity contribution in [2.24, 2.45) is 5.73 Å². The molecule has 2 aromatic heterocycles. The molecular weight excluding hydrogens is 510 g/mol. The van der Waals surface area contributed by atoms with Crippen LogP contribution < -0.4 is 21.7 Å². The molecule has 0 saturated carbocycles. The number of imidazole rings is 1. The summed E-state index contributed by atoms with van der Waals surface area (Å²) in [4.78, 5) is 60.6. The van der Waals surface area contributed by atoms with Crippen LogP contribution in [0, 0.1) is 0 Å². The molecule has 0 saturated heterocycles. The van der Waals surface area contributed by atoms with Gasteiger partial charge in [0.1, 0.15) is 18.1 Å². The van der Waals surface area contributed by atoms with Crippen molar-refractivity contribution < 1.29 is 24.3 Å². The Morgan fingerprint density at radius 3 is 2.34 bits per heavy atom. The molecule has 0 aliphatic carbocycles. The van der Waals surface area contributed by atoms with E-state index in [1.54, 1.807) is 6.20 Å². The molecule has 204 valence electrons. The van der Waals surface area contributed by atoms with Crippen LogP contribution in [0.25, 0.3) is 10.9 Å². The first-order valence-electron chi connectivity index (χ1n) is 12.1. The Bertz CT molecular complexity index is 1240. The Balaban J connectivity index is 1.78. The summed E-state index contributed by atoms with van der Waals surface area (Å²) < 4.78 is 0. The van der Waals surface area contributed by atoms with E-state index in [0.717, 1.165) is 16.5 Å². The van der Waals surface area contributed by atoms with Crippen LogP contribution in [0.3, 0.4) is 0 Å². The smallest absolute Gasteiger partial charge is 0.326 e. The maximum absolute atomic E-state index is 13.4. The fourth-order valence-electron chi connectivity index (χ4n) is 3.90. The fourth-order valence-corrected chi connectivity index (χ4v) is 4.37. The highest BCUT2D eigenvalue weighted by Crippen LogP contribution is 2.19. The fraction of sp³-hybridized carbons (Fsp3) is 0.400. The Labute approximate surface area is 223 Å². The van der Waals surface area contributed by atoms with Gasteiger partial charge < -0.3 is 36.8 Å². The summed E-state index contributed by atoms with van der Waals surface area (Å²) in [6, 6.07) is 3.47. The Kier molecular flexibility index (Phi) is 10.3. The van der Waals surface area contributed by atoms with Gasteiger partial charge in [-0.25, -0.2) is 9.78 Å². The molecule has 2 heterocycles. The number of nitrogens with zero attached hydrogens (tertiary/aromatic N) is 1. The topological polar surface area (TPSA) is 195 Å². The van der Waals surface area contributed by atoms with Gasteiger partial charge in [-0.05, 0) is 37.0 Å². The molecule has 38 heavy (non-hydrogen) atoms. The van der Waals surface area contributed by atoms with Crippen LogP contribution in [0.15, 0.2) is 43.0 Å². The molecule has 0 radical (unpaired) electrons. The van der Waals surface area contributed by atoms with Crippen molar-refractivity contribution in [2.45, 2.75) is 50.4 Å². The first-order chi connectivity index (χ1) is 18.2. The van der Waals surface area contributed by atoms with E-state index in [0.29, 0.717) is 11.4 Å². The molecule has 4 atom stereocenters. The van der Waals surface area contributed by atoms with Crippen LogP contribution in [-0.4, -0.2) is 79.9 Å². The first-order valence-corrected chi connectivity index (χ1v) is 13.5. The highest BCUT2D eigenvalue weighted by atomic mass is 32.2. The Morgan fingerprint density at radius 1 is 1.00 bits per heavy atom. The number of benzene rings is 1. The van der Waals surface area contributed by atoms with E-state index >= 15 is 0 Å². The molecule has 0 fully saturated rings. The van der Waals surface area contributed by atoms with Crippen molar-refractivity contribution in [1.82, 2.24) is 30.9 Å². The molecule has 0 aliphatic rings. The molecule has 0 bridgehead atoms. The number of nitrogens with one attached hydrogen (secondary N) is 5. The summed E-state index contributed by atoms with van der Waals surface area (Å²) in [6.07, 6.45) is 6.94. The number of carboxylic acids is 1. The predicted octanol–water partition coefficient (Wildman–Crippen LogP) is 0.316. The van der Waals surface area contributed by atoms with E-state index < -0.39 is 47.9 Å². The zero-order valence-corrected chi connectivity index (χ0v) is 22.0. The van der Waals surface area contributed by atoms with Crippen molar-refractivity contribution >= 4 is 46.4 Å². The number of carbonyl (C=O) groups excluding carboxylic acids is 3. The van der Waals surface area contributed by atoms with Crippen LogP contribution in [0.4, 0.5) is 0 Å². The highest BCUT2D eigenvalue weighted by molar-refractivity contribution is 7.98. The summed E-state index contributed by atoms with van der Waals surface area (Å²) in [5, 5.41) is 18.4. The van der Waals surface area contributed by atoms with Gasteiger partial charge in [-0.1, -0.05) is 18.2 Å². The van der Waals surface area contributed by atoms with E-state index in [9.17, 15) is 24.3 Å². The number of carbonyl (C=O) groups is 4. The minimum Gasteiger partial charge on any atom is -0.480 e. The summed E-state index contributed by atoms with van der Waals surface area (Å²) in [6.45, 7) is 1.51.